The van der Waals surface area contributed by atoms with Crippen molar-refractivity contribution >= 4 is 21.8 Å². The van der Waals surface area contributed by atoms with Crippen LogP contribution in [0.3, 0.4) is 0 Å². The number of carbonyl (C=O) groups is 2. The molecule has 0 unspecified atom stereocenters. The number of halogens is 1. The van der Waals surface area contributed by atoms with Crippen LogP contribution in [0.4, 0.5) is 4.39 Å². The number of nitrogens with one attached hydrogen (secondary N) is 1. The van der Waals surface area contributed by atoms with Crippen molar-refractivity contribution in [3.63, 3.8) is 0 Å². The first kappa shape index (κ1) is 21.3. The molecular formula is C18H18FNO7S. The highest BCUT2D eigenvalue weighted by molar-refractivity contribution is 7.89. The summed E-state index contributed by atoms with van der Waals surface area (Å²) < 4.78 is 54.4. The molecule has 28 heavy (non-hydrogen) atoms. The molecule has 2 aromatic rings. The molecule has 0 atom stereocenters. The summed E-state index contributed by atoms with van der Waals surface area (Å²) >= 11 is 0. The molecule has 2 rings (SSSR count). The maximum absolute atomic E-state index is 13.6. The second kappa shape index (κ2) is 9.29. The number of methoxy groups -OCH3 is 2. The van der Waals surface area contributed by atoms with Gasteiger partial charge in [0, 0.05) is 0 Å². The summed E-state index contributed by atoms with van der Waals surface area (Å²) in [5.41, 5.74) is 0.140. The fraction of sp³-hybridized carbons (Fsp3) is 0.222. The van der Waals surface area contributed by atoms with E-state index in [0.717, 1.165) is 12.1 Å². The fourth-order valence-electron chi connectivity index (χ4n) is 2.20. The van der Waals surface area contributed by atoms with Crippen LogP contribution in [0.2, 0.25) is 0 Å². The Morgan fingerprint density at radius 1 is 1.07 bits per heavy atom. The highest BCUT2D eigenvalue weighted by atomic mass is 32.2. The van der Waals surface area contributed by atoms with Gasteiger partial charge in [0.25, 0.3) is 0 Å². The van der Waals surface area contributed by atoms with E-state index in [-0.39, 0.29) is 11.3 Å². The number of hydrogen-bond donors (Lipinski definition) is 1. The predicted molar refractivity (Wildman–Crippen MR) is 96.4 cm³/mol. The van der Waals surface area contributed by atoms with Crippen molar-refractivity contribution in [1.29, 1.82) is 0 Å². The number of ether oxygens (including phenoxy) is 3. The van der Waals surface area contributed by atoms with Crippen molar-refractivity contribution in [3.05, 3.63) is 53.8 Å². The molecule has 0 heterocycles. The molecule has 10 heteroatoms. The predicted octanol–water partition coefficient (Wildman–Crippen LogP) is 1.55. The molecule has 0 spiro atoms. The summed E-state index contributed by atoms with van der Waals surface area (Å²) in [4.78, 5) is 23.4. The van der Waals surface area contributed by atoms with E-state index in [1.165, 1.54) is 38.5 Å². The van der Waals surface area contributed by atoms with E-state index in [2.05, 4.69) is 0 Å². The maximum Gasteiger partial charge on any atom is 0.321 e. The number of esters is 1. The van der Waals surface area contributed by atoms with Crippen LogP contribution in [-0.4, -0.2) is 47.5 Å². The molecular weight excluding hydrogens is 393 g/mol. The molecule has 0 radical (unpaired) electrons. The van der Waals surface area contributed by atoms with Crippen molar-refractivity contribution in [2.45, 2.75) is 4.90 Å². The number of Topliss-reactive ketones (excluding diaryl/α,β-unsaturated/α-hetero) is 1. The molecule has 0 amide bonds. The largest absolute Gasteiger partial charge is 0.497 e. The quantitative estimate of drug-likeness (QED) is 0.493. The van der Waals surface area contributed by atoms with Crippen molar-refractivity contribution in [1.82, 2.24) is 4.72 Å². The first-order chi connectivity index (χ1) is 13.3. The van der Waals surface area contributed by atoms with Gasteiger partial charge in [-0.25, -0.2) is 12.8 Å². The summed E-state index contributed by atoms with van der Waals surface area (Å²) in [6.45, 7) is -1.40. The Bertz CT molecular complexity index is 976. The Kier molecular flexibility index (Phi) is 7.07. The van der Waals surface area contributed by atoms with E-state index in [4.69, 9.17) is 14.2 Å². The molecule has 0 aliphatic rings. The zero-order chi connectivity index (χ0) is 20.7. The summed E-state index contributed by atoms with van der Waals surface area (Å²) in [5.74, 6) is -1.85. The van der Waals surface area contributed by atoms with Crippen LogP contribution in [0.1, 0.15) is 10.4 Å². The van der Waals surface area contributed by atoms with Gasteiger partial charge in [-0.1, -0.05) is 12.1 Å². The van der Waals surface area contributed by atoms with E-state index < -0.39 is 45.6 Å². The smallest absolute Gasteiger partial charge is 0.321 e. The lowest BCUT2D eigenvalue weighted by Gasteiger charge is -2.10. The highest BCUT2D eigenvalue weighted by Gasteiger charge is 2.21. The fourth-order valence-corrected chi connectivity index (χ4v) is 3.25. The van der Waals surface area contributed by atoms with Gasteiger partial charge < -0.3 is 14.2 Å². The Labute approximate surface area is 161 Å². The van der Waals surface area contributed by atoms with Crippen LogP contribution in [0.5, 0.6) is 11.5 Å². The number of benzene rings is 2. The number of sulfonamides is 1. The van der Waals surface area contributed by atoms with E-state index in [1.54, 1.807) is 6.07 Å². The van der Waals surface area contributed by atoms with Crippen molar-refractivity contribution < 1.29 is 36.6 Å². The van der Waals surface area contributed by atoms with Gasteiger partial charge >= 0.3 is 5.97 Å². The second-order valence-corrected chi connectivity index (χ2v) is 7.14. The average molecular weight is 411 g/mol. The number of ketones is 1. The molecule has 0 fully saturated rings. The lowest BCUT2D eigenvalue weighted by molar-refractivity contribution is -0.141. The highest BCUT2D eigenvalue weighted by Crippen LogP contribution is 2.24. The van der Waals surface area contributed by atoms with Gasteiger partial charge in [0.05, 0.1) is 19.8 Å². The molecule has 0 aromatic heterocycles. The lowest BCUT2D eigenvalue weighted by Crippen LogP contribution is -2.32. The molecule has 0 aliphatic heterocycles. The monoisotopic (exact) mass is 411 g/mol. The van der Waals surface area contributed by atoms with E-state index in [9.17, 15) is 22.4 Å². The third-order valence-corrected chi connectivity index (χ3v) is 5.04. The molecule has 2 aromatic carbocycles. The Hall–Kier alpha value is -2.98. The number of hydrogen-bond acceptors (Lipinski definition) is 7. The van der Waals surface area contributed by atoms with E-state index >= 15 is 0 Å². The van der Waals surface area contributed by atoms with Crippen molar-refractivity contribution in [3.8, 4) is 11.5 Å². The second-order valence-electron chi connectivity index (χ2n) is 5.41. The summed E-state index contributed by atoms with van der Waals surface area (Å²) in [7, 11) is -1.44. The topological polar surface area (TPSA) is 108 Å². The van der Waals surface area contributed by atoms with E-state index in [0.29, 0.717) is 5.75 Å². The Morgan fingerprint density at radius 3 is 2.43 bits per heavy atom. The van der Waals surface area contributed by atoms with Crippen molar-refractivity contribution in [2.75, 3.05) is 27.4 Å². The van der Waals surface area contributed by atoms with Crippen LogP contribution in [0.15, 0.2) is 47.4 Å². The van der Waals surface area contributed by atoms with Gasteiger partial charge in [-0.3, -0.25) is 9.59 Å². The van der Waals surface area contributed by atoms with Crippen LogP contribution in [0, 0.1) is 5.82 Å². The minimum absolute atomic E-state index is 0.140. The molecule has 0 aliphatic carbocycles. The Balaban J connectivity index is 1.96. The third-order valence-electron chi connectivity index (χ3n) is 3.60. The molecule has 0 saturated heterocycles. The van der Waals surface area contributed by atoms with Gasteiger partial charge in [-0.05, 0) is 30.3 Å². The standard InChI is InChI=1S/C18H18FNO7S/c1-25-12-7-8-16(26-2)13(9-12)15(21)11-27-18(22)10-20-28(23,24)17-6-4-3-5-14(17)19/h3-9,20H,10-11H2,1-2H3. The van der Waals surface area contributed by atoms with Crippen molar-refractivity contribution in [2.24, 2.45) is 0 Å². The van der Waals surface area contributed by atoms with Crippen LogP contribution in [0.25, 0.3) is 0 Å². The third kappa shape index (κ3) is 5.27. The number of rotatable bonds is 9. The van der Waals surface area contributed by atoms with Crippen LogP contribution in [-0.2, 0) is 19.6 Å². The number of carbonyl (C=O) groups excluding carboxylic acids is 2. The first-order valence-electron chi connectivity index (χ1n) is 7.93. The Morgan fingerprint density at radius 2 is 1.79 bits per heavy atom. The van der Waals surface area contributed by atoms with Gasteiger partial charge in [-0.15, -0.1) is 0 Å². The van der Waals surface area contributed by atoms with Gasteiger partial charge in [-0.2, -0.15) is 4.72 Å². The zero-order valence-electron chi connectivity index (χ0n) is 15.1. The van der Waals surface area contributed by atoms with Crippen LogP contribution >= 0.6 is 0 Å². The first-order valence-corrected chi connectivity index (χ1v) is 9.42. The molecule has 150 valence electrons. The average Bonchev–Trinajstić information content (AvgIpc) is 2.70. The molecule has 8 nitrogen and oxygen atoms in total. The SMILES string of the molecule is COc1ccc(OC)c(C(=O)COC(=O)CNS(=O)(=O)c2ccccc2F)c1. The summed E-state index contributed by atoms with van der Waals surface area (Å²) in [6, 6.07) is 9.26. The van der Waals surface area contributed by atoms with Gasteiger partial charge in [0.1, 0.15) is 28.8 Å². The molecule has 0 bridgehead atoms. The molecule has 1 N–H and O–H groups in total. The van der Waals surface area contributed by atoms with Gasteiger partial charge in [0.2, 0.25) is 15.8 Å². The zero-order valence-corrected chi connectivity index (χ0v) is 15.9. The lowest BCUT2D eigenvalue weighted by atomic mass is 10.1. The maximum atomic E-state index is 13.6. The summed E-state index contributed by atoms with van der Waals surface area (Å²) in [6.07, 6.45) is 0. The molecule has 0 saturated carbocycles. The normalized spacial score (nSPS) is 11.0. The minimum atomic E-state index is -4.24. The summed E-state index contributed by atoms with van der Waals surface area (Å²) in [5, 5.41) is 0. The van der Waals surface area contributed by atoms with Crippen LogP contribution < -0.4 is 14.2 Å². The minimum Gasteiger partial charge on any atom is -0.497 e. The van der Waals surface area contributed by atoms with E-state index in [1.807, 2.05) is 4.72 Å². The van der Waals surface area contributed by atoms with Gasteiger partial charge in [0.15, 0.2) is 6.61 Å².